The van der Waals surface area contributed by atoms with Crippen molar-refractivity contribution >= 4 is 10.9 Å². The maximum absolute atomic E-state index is 13.6. The van der Waals surface area contributed by atoms with Crippen LogP contribution in [0, 0.1) is 5.82 Å². The van der Waals surface area contributed by atoms with E-state index in [1.54, 1.807) is 19.2 Å². The van der Waals surface area contributed by atoms with Crippen LogP contribution in [0.4, 0.5) is 4.39 Å². The minimum Gasteiger partial charge on any atom is -0.497 e. The summed E-state index contributed by atoms with van der Waals surface area (Å²) in [6, 6.07) is 23.2. The Morgan fingerprint density at radius 2 is 1.44 bits per heavy atom. The third kappa shape index (κ3) is 3.41. The van der Waals surface area contributed by atoms with Gasteiger partial charge in [-0.15, -0.1) is 0 Å². The van der Waals surface area contributed by atoms with Gasteiger partial charge in [0, 0.05) is 10.9 Å². The van der Waals surface area contributed by atoms with Crippen molar-refractivity contribution in [2.75, 3.05) is 7.11 Å². The summed E-state index contributed by atoms with van der Waals surface area (Å²) in [5.41, 5.74) is 6.16. The Kier molecular flexibility index (Phi) is 4.59. The van der Waals surface area contributed by atoms with E-state index in [2.05, 4.69) is 37.3 Å². The molecule has 3 heteroatoms. The fraction of sp³-hybridized carbons (Fsp3) is 0.125. The number of methoxy groups -OCH3 is 1. The molecule has 2 nitrogen and oxygen atoms in total. The van der Waals surface area contributed by atoms with Gasteiger partial charge in [-0.05, 0) is 59.5 Å². The fourth-order valence-electron chi connectivity index (χ4n) is 3.33. The normalized spacial score (nSPS) is 10.9. The van der Waals surface area contributed by atoms with Crippen LogP contribution in [0.2, 0.25) is 0 Å². The molecule has 4 aromatic rings. The van der Waals surface area contributed by atoms with Crippen LogP contribution in [-0.4, -0.2) is 12.1 Å². The summed E-state index contributed by atoms with van der Waals surface area (Å²) in [5.74, 6) is 0.620. The third-order valence-electron chi connectivity index (χ3n) is 4.84. The lowest BCUT2D eigenvalue weighted by atomic mass is 10.00. The number of halogens is 1. The molecule has 134 valence electrons. The monoisotopic (exact) mass is 357 g/mol. The van der Waals surface area contributed by atoms with Crippen molar-refractivity contribution in [3.05, 3.63) is 84.2 Å². The summed E-state index contributed by atoms with van der Waals surface area (Å²) in [4.78, 5) is 4.74. The van der Waals surface area contributed by atoms with Crippen molar-refractivity contribution in [2.45, 2.75) is 13.3 Å². The van der Waals surface area contributed by atoms with Gasteiger partial charge in [-0.25, -0.2) is 9.37 Å². The Morgan fingerprint density at radius 3 is 2.07 bits per heavy atom. The predicted octanol–water partition coefficient (Wildman–Crippen LogP) is 6.28. The zero-order chi connectivity index (χ0) is 18.8. The molecule has 0 radical (unpaired) electrons. The predicted molar refractivity (Wildman–Crippen MR) is 109 cm³/mol. The van der Waals surface area contributed by atoms with Crippen LogP contribution in [0.25, 0.3) is 33.3 Å². The molecule has 3 aromatic carbocycles. The number of benzene rings is 3. The lowest BCUT2D eigenvalue weighted by Crippen LogP contribution is -1.92. The number of hydrogen-bond acceptors (Lipinski definition) is 2. The Labute approximate surface area is 158 Å². The van der Waals surface area contributed by atoms with Crippen LogP contribution in [0.3, 0.4) is 0 Å². The summed E-state index contributed by atoms with van der Waals surface area (Å²) in [6.45, 7) is 2.08. The first-order chi connectivity index (χ1) is 13.2. The van der Waals surface area contributed by atoms with E-state index in [-0.39, 0.29) is 5.82 Å². The van der Waals surface area contributed by atoms with Gasteiger partial charge >= 0.3 is 0 Å². The summed E-state index contributed by atoms with van der Waals surface area (Å²) >= 11 is 0. The molecule has 0 saturated heterocycles. The molecule has 4 rings (SSSR count). The fourth-order valence-corrected chi connectivity index (χ4v) is 3.33. The van der Waals surface area contributed by atoms with Crippen molar-refractivity contribution in [3.8, 4) is 28.1 Å². The summed E-state index contributed by atoms with van der Waals surface area (Å²) < 4.78 is 18.8. The van der Waals surface area contributed by atoms with Crippen molar-refractivity contribution in [1.29, 1.82) is 0 Å². The first-order valence-corrected chi connectivity index (χ1v) is 9.02. The highest BCUT2D eigenvalue weighted by Crippen LogP contribution is 2.28. The second-order valence-electron chi connectivity index (χ2n) is 6.49. The van der Waals surface area contributed by atoms with Crippen molar-refractivity contribution in [3.63, 3.8) is 0 Å². The molecule has 0 fully saturated rings. The molecule has 0 atom stereocenters. The number of hydrogen-bond donors (Lipinski definition) is 0. The molecule has 27 heavy (non-hydrogen) atoms. The van der Waals surface area contributed by atoms with Crippen LogP contribution in [-0.2, 0) is 6.42 Å². The second kappa shape index (κ2) is 7.20. The first-order valence-electron chi connectivity index (χ1n) is 9.02. The van der Waals surface area contributed by atoms with Crippen LogP contribution < -0.4 is 4.74 Å². The summed E-state index contributed by atoms with van der Waals surface area (Å²) in [7, 11) is 1.67. The van der Waals surface area contributed by atoms with E-state index in [0.717, 1.165) is 51.0 Å². The molecule has 0 unspecified atom stereocenters. The molecule has 0 N–H and O–H groups in total. The van der Waals surface area contributed by atoms with Gasteiger partial charge < -0.3 is 4.74 Å². The van der Waals surface area contributed by atoms with Gasteiger partial charge in [-0.2, -0.15) is 0 Å². The maximum atomic E-state index is 13.6. The molecule has 0 aliphatic heterocycles. The molecule has 0 bridgehead atoms. The van der Waals surface area contributed by atoms with Gasteiger partial charge in [0.25, 0.3) is 0 Å². The molecule has 1 aromatic heterocycles. The van der Waals surface area contributed by atoms with Crippen molar-refractivity contribution in [2.24, 2.45) is 0 Å². The number of nitrogens with zero attached hydrogens (tertiary/aromatic N) is 1. The second-order valence-corrected chi connectivity index (χ2v) is 6.49. The SMILES string of the molecule is CCc1cc(-c2ccc(-c3ccc(OC)cc3)cc2)nc2ccc(F)cc12. The number of aromatic nitrogens is 1. The van der Waals surface area contributed by atoms with E-state index in [1.807, 2.05) is 24.3 Å². The Morgan fingerprint density at radius 1 is 0.815 bits per heavy atom. The number of aryl methyl sites for hydroxylation is 1. The van der Waals surface area contributed by atoms with Gasteiger partial charge in [-0.3, -0.25) is 0 Å². The lowest BCUT2D eigenvalue weighted by Gasteiger charge is -2.10. The van der Waals surface area contributed by atoms with Gasteiger partial charge in [-0.1, -0.05) is 43.3 Å². The van der Waals surface area contributed by atoms with Crippen LogP contribution in [0.15, 0.2) is 72.8 Å². The molecule has 0 aliphatic carbocycles. The van der Waals surface area contributed by atoms with Crippen LogP contribution >= 0.6 is 0 Å². The average Bonchev–Trinajstić information content (AvgIpc) is 2.73. The quantitative estimate of drug-likeness (QED) is 0.429. The minimum atomic E-state index is -0.226. The van der Waals surface area contributed by atoms with Crippen molar-refractivity contribution < 1.29 is 9.13 Å². The van der Waals surface area contributed by atoms with E-state index < -0.39 is 0 Å². The largest absolute Gasteiger partial charge is 0.497 e. The zero-order valence-electron chi connectivity index (χ0n) is 15.4. The summed E-state index contributed by atoms with van der Waals surface area (Å²) in [6.07, 6.45) is 0.833. The van der Waals surface area contributed by atoms with E-state index in [4.69, 9.17) is 9.72 Å². The first kappa shape index (κ1) is 17.2. The maximum Gasteiger partial charge on any atom is 0.123 e. The smallest absolute Gasteiger partial charge is 0.123 e. The van der Waals surface area contributed by atoms with Crippen molar-refractivity contribution in [1.82, 2.24) is 4.98 Å². The van der Waals surface area contributed by atoms with Crippen LogP contribution in [0.1, 0.15) is 12.5 Å². The number of rotatable bonds is 4. The Hall–Kier alpha value is -3.20. The Bertz CT molecular complexity index is 1090. The van der Waals surface area contributed by atoms with Gasteiger partial charge in [0.1, 0.15) is 11.6 Å². The molecule has 0 amide bonds. The van der Waals surface area contributed by atoms with E-state index >= 15 is 0 Å². The van der Waals surface area contributed by atoms with Gasteiger partial charge in [0.05, 0.1) is 18.3 Å². The third-order valence-corrected chi connectivity index (χ3v) is 4.84. The van der Waals surface area contributed by atoms with E-state index in [1.165, 1.54) is 6.07 Å². The van der Waals surface area contributed by atoms with Gasteiger partial charge in [0.2, 0.25) is 0 Å². The topological polar surface area (TPSA) is 22.1 Å². The molecular formula is C24H20FNO. The van der Waals surface area contributed by atoms with E-state index in [9.17, 15) is 4.39 Å². The molecule has 0 saturated carbocycles. The molecule has 0 spiro atoms. The average molecular weight is 357 g/mol. The number of pyridine rings is 1. The highest BCUT2D eigenvalue weighted by molar-refractivity contribution is 5.85. The highest BCUT2D eigenvalue weighted by atomic mass is 19.1. The van der Waals surface area contributed by atoms with Gasteiger partial charge in [0.15, 0.2) is 0 Å². The number of ether oxygens (including phenoxy) is 1. The molecular weight excluding hydrogens is 337 g/mol. The lowest BCUT2D eigenvalue weighted by molar-refractivity contribution is 0.415. The molecule has 1 heterocycles. The standard InChI is InChI=1S/C24H20FNO/c1-3-16-14-24(26-23-13-10-20(25)15-22(16)23)19-6-4-17(5-7-19)18-8-11-21(27-2)12-9-18/h4-15H,3H2,1-2H3. The zero-order valence-corrected chi connectivity index (χ0v) is 15.4. The van der Waals surface area contributed by atoms with Crippen LogP contribution in [0.5, 0.6) is 5.75 Å². The minimum absolute atomic E-state index is 0.226. The van der Waals surface area contributed by atoms with E-state index in [0.29, 0.717) is 0 Å². The highest BCUT2D eigenvalue weighted by Gasteiger charge is 2.08. The Balaban J connectivity index is 1.72. The summed E-state index contributed by atoms with van der Waals surface area (Å²) in [5, 5.41) is 0.885. The molecule has 0 aliphatic rings. The number of fused-ring (bicyclic) bond motifs is 1.